The first-order valence-corrected chi connectivity index (χ1v) is 3.81. The van der Waals surface area contributed by atoms with Crippen LogP contribution >= 0.6 is 0 Å². The number of amides is 1. The zero-order valence-electron chi connectivity index (χ0n) is 7.04. The van der Waals surface area contributed by atoms with Crippen LogP contribution in [0.5, 0.6) is 0 Å². The number of carbonyl (C=O) groups excluding carboxylic acids is 1. The lowest BCUT2D eigenvalue weighted by Crippen LogP contribution is -2.44. The summed E-state index contributed by atoms with van der Waals surface area (Å²) in [5.41, 5.74) is 0. The summed E-state index contributed by atoms with van der Waals surface area (Å²) in [4.78, 5) is 22.4. The minimum atomic E-state index is -1.40. The van der Waals surface area contributed by atoms with E-state index in [2.05, 4.69) is 0 Å². The van der Waals surface area contributed by atoms with Crippen molar-refractivity contribution in [3.63, 3.8) is 0 Å². The molecule has 0 spiro atoms. The van der Waals surface area contributed by atoms with Gasteiger partial charge in [-0.05, 0) is 0 Å². The van der Waals surface area contributed by atoms with Gasteiger partial charge in [-0.1, -0.05) is 0 Å². The second-order valence-corrected chi connectivity index (χ2v) is 3.01. The van der Waals surface area contributed by atoms with Gasteiger partial charge in [-0.25, -0.2) is 4.79 Å². The molecule has 1 fully saturated rings. The molecule has 3 N–H and O–H groups in total. The van der Waals surface area contributed by atoms with Crippen LogP contribution in [-0.2, 0) is 9.59 Å². The minimum Gasteiger partial charge on any atom is -0.480 e. The van der Waals surface area contributed by atoms with Crippen LogP contribution in [0.3, 0.4) is 0 Å². The molecule has 0 saturated carbocycles. The Labute approximate surface area is 74.4 Å². The van der Waals surface area contributed by atoms with Gasteiger partial charge in [0.25, 0.3) is 0 Å². The maximum atomic E-state index is 10.9. The number of aliphatic carboxylic acids is 1. The van der Waals surface area contributed by atoms with Crippen LogP contribution in [0, 0.1) is 0 Å². The summed E-state index contributed by atoms with van der Waals surface area (Å²) in [5, 5.41) is 27.0. The monoisotopic (exact) mass is 189 g/mol. The minimum absolute atomic E-state index is 0.131. The number of aliphatic hydroxyl groups excluding tert-OH is 2. The third-order valence-corrected chi connectivity index (χ3v) is 2.09. The van der Waals surface area contributed by atoms with Crippen LogP contribution < -0.4 is 0 Å². The van der Waals surface area contributed by atoms with Crippen LogP contribution in [0.1, 0.15) is 6.92 Å². The molecule has 1 aliphatic heterocycles. The van der Waals surface area contributed by atoms with Crippen molar-refractivity contribution in [3.05, 3.63) is 0 Å². The Balaban J connectivity index is 2.86. The van der Waals surface area contributed by atoms with E-state index in [9.17, 15) is 14.7 Å². The third kappa shape index (κ3) is 1.63. The molecule has 2 unspecified atom stereocenters. The highest BCUT2D eigenvalue weighted by Crippen LogP contribution is 2.18. The first-order chi connectivity index (χ1) is 5.95. The number of aliphatic hydroxyl groups is 2. The predicted molar refractivity (Wildman–Crippen MR) is 40.8 cm³/mol. The number of carbonyl (C=O) groups is 2. The summed E-state index contributed by atoms with van der Waals surface area (Å²) >= 11 is 0. The quantitative estimate of drug-likeness (QED) is 0.444. The molecule has 0 radical (unpaired) electrons. The Morgan fingerprint density at radius 3 is 2.23 bits per heavy atom. The molecule has 1 saturated heterocycles. The smallest absolute Gasteiger partial charge is 0.329 e. The number of carboxylic acid groups (broad SMARTS) is 1. The number of likely N-dealkylation sites (tertiary alicyclic amines) is 1. The van der Waals surface area contributed by atoms with E-state index in [-0.39, 0.29) is 6.54 Å². The zero-order chi connectivity index (χ0) is 10.2. The lowest BCUT2D eigenvalue weighted by atomic mass is 10.1. The lowest BCUT2D eigenvalue weighted by molar-refractivity contribution is -0.150. The summed E-state index contributed by atoms with van der Waals surface area (Å²) in [6.45, 7) is 1.06. The molecule has 0 aliphatic carbocycles. The number of nitrogens with zero attached hydrogens (tertiary/aromatic N) is 1. The van der Waals surface area contributed by atoms with Crippen molar-refractivity contribution in [2.75, 3.05) is 6.54 Å². The summed E-state index contributed by atoms with van der Waals surface area (Å²) < 4.78 is 0. The van der Waals surface area contributed by atoms with E-state index in [4.69, 9.17) is 10.2 Å². The Hall–Kier alpha value is -1.14. The van der Waals surface area contributed by atoms with Gasteiger partial charge < -0.3 is 20.2 Å². The average molecular weight is 189 g/mol. The predicted octanol–water partition coefficient (Wildman–Crippen LogP) is -1.98. The molecule has 1 aliphatic rings. The van der Waals surface area contributed by atoms with Gasteiger partial charge in [0.05, 0.1) is 6.54 Å². The summed E-state index contributed by atoms with van der Waals surface area (Å²) in [7, 11) is 0. The second kappa shape index (κ2) is 3.31. The van der Waals surface area contributed by atoms with Gasteiger partial charge in [-0.3, -0.25) is 4.79 Å². The van der Waals surface area contributed by atoms with Crippen LogP contribution in [0.25, 0.3) is 0 Å². The topological polar surface area (TPSA) is 98.1 Å². The molecule has 0 aromatic heterocycles. The molecule has 3 atom stereocenters. The van der Waals surface area contributed by atoms with Crippen molar-refractivity contribution >= 4 is 11.9 Å². The molecule has 1 amide bonds. The van der Waals surface area contributed by atoms with E-state index in [1.54, 1.807) is 0 Å². The van der Waals surface area contributed by atoms with Gasteiger partial charge in [0, 0.05) is 6.92 Å². The lowest BCUT2D eigenvalue weighted by Gasteiger charge is -2.20. The molecule has 1 rings (SSSR count). The molecule has 1 heterocycles. The SMILES string of the molecule is CC(=O)N1CC(O)C(O)[C@H]1C(=O)O. The largest absolute Gasteiger partial charge is 0.480 e. The molecule has 0 aromatic rings. The molecule has 13 heavy (non-hydrogen) atoms. The normalized spacial score (nSPS) is 33.5. The number of hydrogen-bond acceptors (Lipinski definition) is 4. The molecule has 6 nitrogen and oxygen atoms in total. The van der Waals surface area contributed by atoms with Crippen LogP contribution in [0.2, 0.25) is 0 Å². The Morgan fingerprint density at radius 1 is 1.38 bits per heavy atom. The summed E-state index contributed by atoms with van der Waals surface area (Å²) in [5.74, 6) is -1.78. The summed E-state index contributed by atoms with van der Waals surface area (Å²) in [6, 6.07) is -1.33. The fourth-order valence-corrected chi connectivity index (χ4v) is 1.42. The highest BCUT2D eigenvalue weighted by molar-refractivity contribution is 5.83. The fraction of sp³-hybridized carbons (Fsp3) is 0.714. The van der Waals surface area contributed by atoms with Gasteiger partial charge in [0.15, 0.2) is 6.04 Å². The Bertz CT molecular complexity index is 241. The number of rotatable bonds is 1. The van der Waals surface area contributed by atoms with Crippen LogP contribution in [-0.4, -0.2) is 56.9 Å². The van der Waals surface area contributed by atoms with Crippen molar-refractivity contribution in [2.24, 2.45) is 0 Å². The third-order valence-electron chi connectivity index (χ3n) is 2.09. The molecular weight excluding hydrogens is 178 g/mol. The van der Waals surface area contributed by atoms with Gasteiger partial charge in [-0.2, -0.15) is 0 Å². The van der Waals surface area contributed by atoms with Crippen molar-refractivity contribution in [3.8, 4) is 0 Å². The number of carboxylic acids is 1. The Morgan fingerprint density at radius 2 is 1.92 bits per heavy atom. The second-order valence-electron chi connectivity index (χ2n) is 3.01. The molecular formula is C7H11NO5. The number of hydrogen-bond donors (Lipinski definition) is 3. The van der Waals surface area contributed by atoms with Gasteiger partial charge in [0.1, 0.15) is 12.2 Å². The maximum absolute atomic E-state index is 10.9. The number of β-amino-alcohol motifs (C(OH)–C–C–N with tert-alkyl or cyclic N) is 1. The molecule has 6 heteroatoms. The van der Waals surface area contributed by atoms with E-state index in [0.717, 1.165) is 4.90 Å². The van der Waals surface area contributed by atoms with Crippen molar-refractivity contribution in [1.29, 1.82) is 0 Å². The van der Waals surface area contributed by atoms with Crippen LogP contribution in [0.15, 0.2) is 0 Å². The van der Waals surface area contributed by atoms with E-state index in [1.807, 2.05) is 0 Å². The van der Waals surface area contributed by atoms with E-state index in [1.165, 1.54) is 6.92 Å². The maximum Gasteiger partial charge on any atom is 0.329 e. The highest BCUT2D eigenvalue weighted by atomic mass is 16.4. The van der Waals surface area contributed by atoms with Gasteiger partial charge in [-0.15, -0.1) is 0 Å². The molecule has 0 aromatic carbocycles. The van der Waals surface area contributed by atoms with Gasteiger partial charge >= 0.3 is 5.97 Å². The summed E-state index contributed by atoms with van der Waals surface area (Å²) in [6.07, 6.45) is -2.58. The highest BCUT2D eigenvalue weighted by Gasteiger charge is 2.45. The van der Waals surface area contributed by atoms with Gasteiger partial charge in [0.2, 0.25) is 5.91 Å². The van der Waals surface area contributed by atoms with E-state index >= 15 is 0 Å². The van der Waals surface area contributed by atoms with Crippen molar-refractivity contribution in [1.82, 2.24) is 4.90 Å². The van der Waals surface area contributed by atoms with E-state index in [0.29, 0.717) is 0 Å². The zero-order valence-corrected chi connectivity index (χ0v) is 7.04. The average Bonchev–Trinajstić information content (AvgIpc) is 2.28. The van der Waals surface area contributed by atoms with E-state index < -0.39 is 30.1 Å². The first-order valence-electron chi connectivity index (χ1n) is 3.81. The van der Waals surface area contributed by atoms with Crippen LogP contribution in [0.4, 0.5) is 0 Å². The van der Waals surface area contributed by atoms with Crippen molar-refractivity contribution in [2.45, 2.75) is 25.2 Å². The molecule has 0 bridgehead atoms. The standard InChI is InChI=1S/C7H11NO5/c1-3(9)8-2-4(10)6(11)5(8)7(12)13/h4-6,10-11H,2H2,1H3,(H,12,13)/t4?,5-,6?/m0/s1. The Kier molecular flexibility index (Phi) is 2.53. The fourth-order valence-electron chi connectivity index (χ4n) is 1.42. The molecule has 74 valence electrons. The van der Waals surface area contributed by atoms with Crippen molar-refractivity contribution < 1.29 is 24.9 Å². The first kappa shape index (κ1) is 9.94.